The molecule has 2 fully saturated rings. The molecule has 4 nitrogen and oxygen atoms in total. The molecule has 2 aliphatic heterocycles. The van der Waals surface area contributed by atoms with Crippen LogP contribution in [0.25, 0.3) is 0 Å². The van der Waals surface area contributed by atoms with Crippen molar-refractivity contribution in [1.29, 1.82) is 0 Å². The van der Waals surface area contributed by atoms with Crippen molar-refractivity contribution in [3.8, 4) is 0 Å². The Morgan fingerprint density at radius 2 is 1.95 bits per heavy atom. The van der Waals surface area contributed by atoms with Gasteiger partial charge >= 0.3 is 0 Å². The number of likely N-dealkylation sites (N-methyl/N-ethyl adjacent to an activating group) is 1. The molecule has 2 atom stereocenters. The standard InChI is InChI=1S/C17H33N3O/c1-4-10-20-11-7-15(8-12-20)19(3)17(21)16-13-14(5-2)6-9-18-16/h14-16,18H,4-13H2,1-3H3. The van der Waals surface area contributed by atoms with Gasteiger partial charge in [0.1, 0.15) is 0 Å². The molecule has 0 aliphatic carbocycles. The van der Waals surface area contributed by atoms with Gasteiger partial charge < -0.3 is 15.1 Å². The topological polar surface area (TPSA) is 35.6 Å². The second kappa shape index (κ2) is 8.14. The van der Waals surface area contributed by atoms with E-state index in [2.05, 4.69) is 24.1 Å². The fraction of sp³-hybridized carbons (Fsp3) is 0.941. The second-order valence-electron chi connectivity index (χ2n) is 6.83. The van der Waals surface area contributed by atoms with Gasteiger partial charge in [0.05, 0.1) is 6.04 Å². The SMILES string of the molecule is CCCN1CCC(N(C)C(=O)C2CC(CC)CCN2)CC1. The zero-order valence-electron chi connectivity index (χ0n) is 14.1. The Morgan fingerprint density at radius 1 is 1.24 bits per heavy atom. The summed E-state index contributed by atoms with van der Waals surface area (Å²) in [6.45, 7) is 8.97. The molecule has 2 aliphatic rings. The fourth-order valence-corrected chi connectivity index (χ4v) is 3.83. The molecule has 0 aromatic rings. The molecule has 0 aromatic heterocycles. The highest BCUT2D eigenvalue weighted by Crippen LogP contribution is 2.22. The van der Waals surface area contributed by atoms with Crippen LogP contribution in [0.4, 0.5) is 0 Å². The molecule has 2 heterocycles. The maximum Gasteiger partial charge on any atom is 0.239 e. The average molecular weight is 295 g/mol. The normalized spacial score (nSPS) is 28.5. The van der Waals surface area contributed by atoms with Gasteiger partial charge in [-0.15, -0.1) is 0 Å². The fourth-order valence-electron chi connectivity index (χ4n) is 3.83. The maximum atomic E-state index is 12.7. The highest BCUT2D eigenvalue weighted by Gasteiger charge is 2.32. The summed E-state index contributed by atoms with van der Waals surface area (Å²) in [5.74, 6) is 1.04. The molecule has 2 saturated heterocycles. The van der Waals surface area contributed by atoms with Crippen LogP contribution < -0.4 is 5.32 Å². The zero-order valence-corrected chi connectivity index (χ0v) is 14.1. The van der Waals surface area contributed by atoms with Crippen LogP contribution in [0.2, 0.25) is 0 Å². The number of rotatable bonds is 5. The molecule has 0 spiro atoms. The van der Waals surface area contributed by atoms with Crippen molar-refractivity contribution in [2.45, 2.75) is 64.5 Å². The number of nitrogens with zero attached hydrogens (tertiary/aromatic N) is 2. The Labute approximate surface area is 130 Å². The minimum atomic E-state index is 0.0578. The molecule has 1 N–H and O–H groups in total. The van der Waals surface area contributed by atoms with Crippen molar-refractivity contribution in [3.05, 3.63) is 0 Å². The van der Waals surface area contributed by atoms with Crippen LogP contribution in [0, 0.1) is 5.92 Å². The first-order chi connectivity index (χ1) is 10.2. The molecular formula is C17H33N3O. The smallest absolute Gasteiger partial charge is 0.239 e. The second-order valence-corrected chi connectivity index (χ2v) is 6.83. The predicted molar refractivity (Wildman–Crippen MR) is 87.3 cm³/mol. The molecule has 122 valence electrons. The summed E-state index contributed by atoms with van der Waals surface area (Å²) in [5.41, 5.74) is 0. The van der Waals surface area contributed by atoms with E-state index in [1.54, 1.807) is 0 Å². The summed E-state index contributed by atoms with van der Waals surface area (Å²) in [6, 6.07) is 0.497. The average Bonchev–Trinajstić information content (AvgIpc) is 2.54. The molecule has 21 heavy (non-hydrogen) atoms. The first-order valence-electron chi connectivity index (χ1n) is 8.88. The Balaban J connectivity index is 1.82. The van der Waals surface area contributed by atoms with E-state index in [4.69, 9.17) is 0 Å². The molecule has 0 saturated carbocycles. The lowest BCUT2D eigenvalue weighted by Crippen LogP contribution is -2.53. The van der Waals surface area contributed by atoms with E-state index in [0.29, 0.717) is 11.9 Å². The van der Waals surface area contributed by atoms with E-state index in [9.17, 15) is 4.79 Å². The van der Waals surface area contributed by atoms with Gasteiger partial charge in [-0.05, 0) is 51.1 Å². The van der Waals surface area contributed by atoms with Crippen LogP contribution in [0.1, 0.15) is 52.4 Å². The van der Waals surface area contributed by atoms with Crippen molar-refractivity contribution in [2.24, 2.45) is 5.92 Å². The van der Waals surface area contributed by atoms with Gasteiger partial charge in [0, 0.05) is 26.2 Å². The minimum Gasteiger partial charge on any atom is -0.341 e. The largest absolute Gasteiger partial charge is 0.341 e. The molecular weight excluding hydrogens is 262 g/mol. The van der Waals surface area contributed by atoms with Crippen LogP contribution in [-0.4, -0.2) is 61.0 Å². The molecule has 4 heteroatoms. The molecule has 0 radical (unpaired) electrons. The van der Waals surface area contributed by atoms with Crippen molar-refractivity contribution < 1.29 is 4.79 Å². The van der Waals surface area contributed by atoms with Gasteiger partial charge in [-0.25, -0.2) is 0 Å². The Bertz CT molecular complexity index is 326. The third-order valence-corrected chi connectivity index (χ3v) is 5.38. The lowest BCUT2D eigenvalue weighted by Gasteiger charge is -2.39. The monoisotopic (exact) mass is 295 g/mol. The lowest BCUT2D eigenvalue weighted by molar-refractivity contribution is -0.136. The summed E-state index contributed by atoms with van der Waals surface area (Å²) in [6.07, 6.45) is 6.93. The van der Waals surface area contributed by atoms with Crippen molar-refractivity contribution in [3.63, 3.8) is 0 Å². The molecule has 2 rings (SSSR count). The van der Waals surface area contributed by atoms with E-state index in [0.717, 1.165) is 44.8 Å². The molecule has 0 aromatic carbocycles. The maximum absolute atomic E-state index is 12.7. The van der Waals surface area contributed by atoms with E-state index in [1.165, 1.54) is 25.8 Å². The number of piperidine rings is 2. The van der Waals surface area contributed by atoms with Gasteiger partial charge in [0.2, 0.25) is 5.91 Å². The number of hydrogen-bond acceptors (Lipinski definition) is 3. The molecule has 1 amide bonds. The third-order valence-electron chi connectivity index (χ3n) is 5.38. The van der Waals surface area contributed by atoms with E-state index in [1.807, 2.05) is 11.9 Å². The summed E-state index contributed by atoms with van der Waals surface area (Å²) >= 11 is 0. The quantitative estimate of drug-likeness (QED) is 0.844. The Kier molecular flexibility index (Phi) is 6.49. The van der Waals surface area contributed by atoms with Crippen LogP contribution >= 0.6 is 0 Å². The van der Waals surface area contributed by atoms with Crippen LogP contribution in [-0.2, 0) is 4.79 Å². The van der Waals surface area contributed by atoms with Gasteiger partial charge in [0.15, 0.2) is 0 Å². The summed E-state index contributed by atoms with van der Waals surface area (Å²) in [5, 5.41) is 3.43. The summed E-state index contributed by atoms with van der Waals surface area (Å²) < 4.78 is 0. The first kappa shape index (κ1) is 16.8. The number of hydrogen-bond donors (Lipinski definition) is 1. The first-order valence-corrected chi connectivity index (χ1v) is 8.88. The summed E-state index contributed by atoms with van der Waals surface area (Å²) in [7, 11) is 2.01. The highest BCUT2D eigenvalue weighted by molar-refractivity contribution is 5.82. The van der Waals surface area contributed by atoms with Gasteiger partial charge in [-0.3, -0.25) is 4.79 Å². The van der Waals surface area contributed by atoms with Crippen molar-refractivity contribution in [2.75, 3.05) is 33.2 Å². The van der Waals surface area contributed by atoms with Gasteiger partial charge in [-0.1, -0.05) is 20.3 Å². The molecule has 2 unspecified atom stereocenters. The predicted octanol–water partition coefficient (Wildman–Crippen LogP) is 2.10. The number of carbonyl (C=O) groups excluding carboxylic acids is 1. The Hall–Kier alpha value is -0.610. The lowest BCUT2D eigenvalue weighted by atomic mass is 9.89. The summed E-state index contributed by atoms with van der Waals surface area (Å²) in [4.78, 5) is 17.3. The van der Waals surface area contributed by atoms with E-state index in [-0.39, 0.29) is 6.04 Å². The number of nitrogens with one attached hydrogen (secondary N) is 1. The highest BCUT2D eigenvalue weighted by atomic mass is 16.2. The number of likely N-dealkylation sites (tertiary alicyclic amines) is 1. The Morgan fingerprint density at radius 3 is 2.57 bits per heavy atom. The number of amides is 1. The van der Waals surface area contributed by atoms with Crippen LogP contribution in [0.5, 0.6) is 0 Å². The molecule has 0 bridgehead atoms. The van der Waals surface area contributed by atoms with Crippen molar-refractivity contribution in [1.82, 2.24) is 15.1 Å². The van der Waals surface area contributed by atoms with E-state index >= 15 is 0 Å². The number of carbonyl (C=O) groups is 1. The van der Waals surface area contributed by atoms with Gasteiger partial charge in [-0.2, -0.15) is 0 Å². The van der Waals surface area contributed by atoms with Crippen molar-refractivity contribution >= 4 is 5.91 Å². The van der Waals surface area contributed by atoms with Crippen LogP contribution in [0.15, 0.2) is 0 Å². The third kappa shape index (κ3) is 4.43. The zero-order chi connectivity index (χ0) is 15.2. The van der Waals surface area contributed by atoms with E-state index < -0.39 is 0 Å². The van der Waals surface area contributed by atoms with Gasteiger partial charge in [0.25, 0.3) is 0 Å². The van der Waals surface area contributed by atoms with Crippen LogP contribution in [0.3, 0.4) is 0 Å². The minimum absolute atomic E-state index is 0.0578.